The molecule has 0 spiro atoms. The van der Waals surface area contributed by atoms with E-state index in [1.807, 2.05) is 19.9 Å². The van der Waals surface area contributed by atoms with Gasteiger partial charge in [-0.2, -0.15) is 0 Å². The Kier molecular flexibility index (Phi) is 5.92. The highest BCUT2D eigenvalue weighted by Gasteiger charge is 2.20. The molecule has 2 amide bonds. The number of carboxylic acids is 1. The lowest BCUT2D eigenvalue weighted by Gasteiger charge is -2.16. The summed E-state index contributed by atoms with van der Waals surface area (Å²) in [7, 11) is 0. The predicted octanol–water partition coefficient (Wildman–Crippen LogP) is 1.62. The summed E-state index contributed by atoms with van der Waals surface area (Å²) in [6.45, 7) is 4.21. The van der Waals surface area contributed by atoms with Crippen LogP contribution in [0.15, 0.2) is 22.8 Å². The van der Waals surface area contributed by atoms with E-state index < -0.39 is 18.0 Å². The minimum Gasteiger partial charge on any atom is -0.480 e. The highest BCUT2D eigenvalue weighted by Crippen LogP contribution is 2.04. The zero-order valence-electron chi connectivity index (χ0n) is 11.2. The fourth-order valence-corrected chi connectivity index (χ4v) is 1.66. The van der Waals surface area contributed by atoms with E-state index in [4.69, 9.17) is 9.52 Å². The van der Waals surface area contributed by atoms with Crippen molar-refractivity contribution in [1.29, 1.82) is 0 Å². The van der Waals surface area contributed by atoms with Crippen LogP contribution in [-0.4, -0.2) is 29.7 Å². The van der Waals surface area contributed by atoms with E-state index in [9.17, 15) is 9.59 Å². The molecule has 106 valence electrons. The second-order valence-electron chi connectivity index (χ2n) is 4.75. The summed E-state index contributed by atoms with van der Waals surface area (Å²) in [5.41, 5.74) is 0. The highest BCUT2D eigenvalue weighted by atomic mass is 16.4. The van der Waals surface area contributed by atoms with E-state index in [0.29, 0.717) is 19.4 Å². The van der Waals surface area contributed by atoms with E-state index >= 15 is 0 Å². The van der Waals surface area contributed by atoms with Crippen molar-refractivity contribution < 1.29 is 19.1 Å². The highest BCUT2D eigenvalue weighted by molar-refractivity contribution is 5.82. The average molecular weight is 268 g/mol. The van der Waals surface area contributed by atoms with Gasteiger partial charge in [-0.1, -0.05) is 13.8 Å². The average Bonchev–Trinajstić information content (AvgIpc) is 2.80. The minimum absolute atomic E-state index is 0.199. The van der Waals surface area contributed by atoms with Crippen LogP contribution in [0.5, 0.6) is 0 Å². The molecule has 0 bridgehead atoms. The van der Waals surface area contributed by atoms with E-state index in [-0.39, 0.29) is 5.92 Å². The van der Waals surface area contributed by atoms with Crippen LogP contribution in [0.3, 0.4) is 0 Å². The molecular weight excluding hydrogens is 248 g/mol. The molecule has 6 heteroatoms. The molecule has 3 N–H and O–H groups in total. The number of carbonyl (C=O) groups excluding carboxylic acids is 1. The van der Waals surface area contributed by atoms with Crippen LogP contribution in [0.4, 0.5) is 4.79 Å². The molecule has 1 aromatic heterocycles. The molecule has 19 heavy (non-hydrogen) atoms. The number of hydrogen-bond donors (Lipinski definition) is 3. The molecule has 0 aliphatic rings. The molecule has 0 aliphatic heterocycles. The number of urea groups is 1. The van der Waals surface area contributed by atoms with Gasteiger partial charge in [-0.25, -0.2) is 9.59 Å². The quantitative estimate of drug-likeness (QED) is 0.700. The van der Waals surface area contributed by atoms with Crippen molar-refractivity contribution in [2.75, 3.05) is 6.54 Å². The molecule has 0 unspecified atom stereocenters. The molecule has 1 aromatic rings. The largest absolute Gasteiger partial charge is 0.480 e. The van der Waals surface area contributed by atoms with Crippen LogP contribution in [0.1, 0.15) is 26.0 Å². The van der Waals surface area contributed by atoms with Crippen LogP contribution in [0.25, 0.3) is 0 Å². The predicted molar refractivity (Wildman–Crippen MR) is 69.8 cm³/mol. The van der Waals surface area contributed by atoms with E-state index in [2.05, 4.69) is 10.6 Å². The Morgan fingerprint density at radius 1 is 1.42 bits per heavy atom. The molecule has 0 saturated heterocycles. The summed E-state index contributed by atoms with van der Waals surface area (Å²) in [4.78, 5) is 22.5. The van der Waals surface area contributed by atoms with Gasteiger partial charge >= 0.3 is 12.0 Å². The maximum atomic E-state index is 11.6. The van der Waals surface area contributed by atoms with Gasteiger partial charge in [0.1, 0.15) is 11.8 Å². The monoisotopic (exact) mass is 268 g/mol. The Labute approximate surface area is 112 Å². The summed E-state index contributed by atoms with van der Waals surface area (Å²) in [6, 6.07) is 2.26. The van der Waals surface area contributed by atoms with Crippen molar-refractivity contribution in [3.05, 3.63) is 24.2 Å². The van der Waals surface area contributed by atoms with Crippen molar-refractivity contribution in [3.63, 3.8) is 0 Å². The number of carbonyl (C=O) groups is 2. The van der Waals surface area contributed by atoms with Gasteiger partial charge in [-0.15, -0.1) is 0 Å². The van der Waals surface area contributed by atoms with Crippen molar-refractivity contribution in [3.8, 4) is 0 Å². The van der Waals surface area contributed by atoms with Gasteiger partial charge in [-0.3, -0.25) is 0 Å². The maximum absolute atomic E-state index is 11.6. The number of aliphatic carboxylic acids is 1. The lowest BCUT2D eigenvalue weighted by Crippen LogP contribution is -2.47. The summed E-state index contributed by atoms with van der Waals surface area (Å²) >= 11 is 0. The minimum atomic E-state index is -1.02. The van der Waals surface area contributed by atoms with E-state index in [1.165, 1.54) is 0 Å². The van der Waals surface area contributed by atoms with Crippen molar-refractivity contribution in [1.82, 2.24) is 10.6 Å². The fraction of sp³-hybridized carbons (Fsp3) is 0.538. The molecule has 0 fully saturated rings. The Hall–Kier alpha value is -1.98. The number of rotatable bonds is 7. The number of amides is 2. The third-order valence-electron chi connectivity index (χ3n) is 2.55. The number of hydrogen-bond acceptors (Lipinski definition) is 3. The molecule has 0 aromatic carbocycles. The van der Waals surface area contributed by atoms with E-state index in [0.717, 1.165) is 5.76 Å². The number of carboxylic acid groups (broad SMARTS) is 1. The van der Waals surface area contributed by atoms with Gasteiger partial charge in [0, 0.05) is 13.0 Å². The van der Waals surface area contributed by atoms with Gasteiger partial charge in [0.15, 0.2) is 0 Å². The van der Waals surface area contributed by atoms with Gasteiger partial charge in [0.25, 0.3) is 0 Å². The molecule has 1 heterocycles. The first-order chi connectivity index (χ1) is 8.99. The Morgan fingerprint density at radius 2 is 2.16 bits per heavy atom. The second kappa shape index (κ2) is 7.45. The van der Waals surface area contributed by atoms with Crippen LogP contribution in [0, 0.1) is 5.92 Å². The lowest BCUT2D eigenvalue weighted by atomic mass is 10.0. The van der Waals surface area contributed by atoms with E-state index in [1.54, 1.807) is 12.3 Å². The molecule has 0 radical (unpaired) electrons. The standard InChI is InChI=1S/C13H20N2O4/c1-9(2)8-11(12(16)17)15-13(18)14-6-5-10-4-3-7-19-10/h3-4,7,9,11H,5-6,8H2,1-2H3,(H,16,17)(H2,14,15,18)/t11-/m0/s1. The topological polar surface area (TPSA) is 91.6 Å². The second-order valence-corrected chi connectivity index (χ2v) is 4.75. The number of nitrogens with one attached hydrogen (secondary N) is 2. The third-order valence-corrected chi connectivity index (χ3v) is 2.55. The summed E-state index contributed by atoms with van der Waals surface area (Å²) in [6.07, 6.45) is 2.54. The molecule has 1 rings (SSSR count). The molecular formula is C13H20N2O4. The fourth-order valence-electron chi connectivity index (χ4n) is 1.66. The normalized spacial score (nSPS) is 12.2. The first-order valence-corrected chi connectivity index (χ1v) is 6.28. The van der Waals surface area contributed by atoms with Gasteiger partial charge in [0.05, 0.1) is 6.26 Å². The third kappa shape index (κ3) is 5.94. The maximum Gasteiger partial charge on any atom is 0.326 e. The van der Waals surface area contributed by atoms with Crippen LogP contribution in [-0.2, 0) is 11.2 Å². The summed E-state index contributed by atoms with van der Waals surface area (Å²) in [5.74, 6) is -0.0448. The van der Waals surface area contributed by atoms with Crippen LogP contribution in [0.2, 0.25) is 0 Å². The van der Waals surface area contributed by atoms with Gasteiger partial charge in [-0.05, 0) is 24.5 Å². The van der Waals surface area contributed by atoms with Crippen LogP contribution >= 0.6 is 0 Å². The molecule has 0 saturated carbocycles. The SMILES string of the molecule is CC(C)C[C@H](NC(=O)NCCc1ccco1)C(=O)O. The summed E-state index contributed by atoms with van der Waals surface area (Å²) < 4.78 is 5.12. The Balaban J connectivity index is 2.30. The summed E-state index contributed by atoms with van der Waals surface area (Å²) in [5, 5.41) is 14.0. The molecule has 1 atom stereocenters. The lowest BCUT2D eigenvalue weighted by molar-refractivity contribution is -0.139. The first-order valence-electron chi connectivity index (χ1n) is 6.28. The first kappa shape index (κ1) is 15.1. The molecule has 6 nitrogen and oxygen atoms in total. The zero-order chi connectivity index (χ0) is 14.3. The van der Waals surface area contributed by atoms with Gasteiger partial charge in [0.2, 0.25) is 0 Å². The van der Waals surface area contributed by atoms with Crippen molar-refractivity contribution in [2.45, 2.75) is 32.7 Å². The smallest absolute Gasteiger partial charge is 0.326 e. The van der Waals surface area contributed by atoms with Gasteiger partial charge < -0.3 is 20.2 Å². The Morgan fingerprint density at radius 3 is 2.68 bits per heavy atom. The Bertz CT molecular complexity index is 401. The number of furan rings is 1. The zero-order valence-corrected chi connectivity index (χ0v) is 11.2. The molecule has 0 aliphatic carbocycles. The van der Waals surface area contributed by atoms with Crippen molar-refractivity contribution >= 4 is 12.0 Å². The van der Waals surface area contributed by atoms with Crippen molar-refractivity contribution in [2.24, 2.45) is 5.92 Å². The van der Waals surface area contributed by atoms with Crippen LogP contribution < -0.4 is 10.6 Å².